The number of hydrogen-bond acceptors (Lipinski definition) is 8. The summed E-state index contributed by atoms with van der Waals surface area (Å²) in [5, 5.41) is 0.122. The predicted molar refractivity (Wildman–Crippen MR) is 132 cm³/mol. The molecule has 8 heteroatoms. The Balaban J connectivity index is 1.27. The highest BCUT2D eigenvalue weighted by Gasteiger charge is 2.19. The average Bonchev–Trinajstić information content (AvgIpc) is 3.48. The molecular formula is C24H29N3O2S3. The van der Waals surface area contributed by atoms with Gasteiger partial charge < -0.3 is 4.42 Å². The molecule has 5 nitrogen and oxygen atoms in total. The van der Waals surface area contributed by atoms with E-state index in [-0.39, 0.29) is 10.5 Å². The maximum atomic E-state index is 12.6. The Kier molecular flexibility index (Phi) is 7.76. The zero-order chi connectivity index (χ0) is 22.6. The fourth-order valence-corrected chi connectivity index (χ4v) is 6.52. The van der Waals surface area contributed by atoms with Crippen molar-refractivity contribution in [1.29, 1.82) is 0 Å². The first-order valence-corrected chi connectivity index (χ1v) is 13.5. The normalized spacial score (nSPS) is 14.8. The molecule has 1 saturated heterocycles. The number of nitrogens with zero attached hydrogens (tertiary/aromatic N) is 3. The Bertz CT molecular complexity index is 1050. The second-order valence-corrected chi connectivity index (χ2v) is 12.7. The molecule has 1 aromatic carbocycles. The van der Waals surface area contributed by atoms with E-state index >= 15 is 0 Å². The molecule has 0 bridgehead atoms. The molecule has 1 aliphatic heterocycles. The molecule has 3 aromatic rings. The van der Waals surface area contributed by atoms with Gasteiger partial charge in [-0.1, -0.05) is 45.0 Å². The smallest absolute Gasteiger partial charge is 0.204 e. The molecule has 0 unspecified atom stereocenters. The van der Waals surface area contributed by atoms with Crippen molar-refractivity contribution in [2.75, 3.05) is 13.1 Å². The summed E-state index contributed by atoms with van der Waals surface area (Å²) in [4.78, 5) is 23.9. The van der Waals surface area contributed by atoms with Crippen molar-refractivity contribution in [3.63, 3.8) is 0 Å². The maximum Gasteiger partial charge on any atom is 0.204 e. The highest BCUT2D eigenvalue weighted by Crippen LogP contribution is 2.34. The quantitative estimate of drug-likeness (QED) is 0.352. The molecule has 1 aliphatic rings. The van der Waals surface area contributed by atoms with E-state index in [9.17, 15) is 4.79 Å². The highest BCUT2D eigenvalue weighted by atomic mass is 32.2. The van der Waals surface area contributed by atoms with Crippen molar-refractivity contribution in [3.05, 3.63) is 59.4 Å². The second-order valence-electron chi connectivity index (χ2n) is 9.06. The summed E-state index contributed by atoms with van der Waals surface area (Å²) in [7, 11) is 0. The van der Waals surface area contributed by atoms with Crippen LogP contribution in [0.1, 0.15) is 56.4 Å². The first kappa shape index (κ1) is 23.5. The Labute approximate surface area is 202 Å². The summed E-state index contributed by atoms with van der Waals surface area (Å²) in [6.07, 6.45) is 6.64. The van der Waals surface area contributed by atoms with Crippen LogP contribution in [-0.4, -0.2) is 33.1 Å². The molecule has 0 atom stereocenters. The van der Waals surface area contributed by atoms with E-state index in [1.165, 1.54) is 43.3 Å². The van der Waals surface area contributed by atoms with Crippen molar-refractivity contribution in [2.24, 2.45) is 0 Å². The fourth-order valence-electron chi connectivity index (χ4n) is 3.55. The maximum absolute atomic E-state index is 12.6. The molecule has 2 aromatic heterocycles. The molecule has 170 valence electrons. The van der Waals surface area contributed by atoms with Crippen LogP contribution in [-0.2, 0) is 28.9 Å². The summed E-state index contributed by atoms with van der Waals surface area (Å²) < 4.78 is 7.69. The number of benzene rings is 1. The van der Waals surface area contributed by atoms with Crippen LogP contribution in [0.15, 0.2) is 49.6 Å². The summed E-state index contributed by atoms with van der Waals surface area (Å²) >= 11 is 4.42. The van der Waals surface area contributed by atoms with Gasteiger partial charge >= 0.3 is 0 Å². The van der Waals surface area contributed by atoms with Crippen LogP contribution in [0.3, 0.4) is 0 Å². The van der Waals surface area contributed by atoms with E-state index < -0.39 is 0 Å². The standard InChI is InChI=1S/C24H29N3O2S3/c1-24(2,3)19-13-25-20(29-19)16-30-22-14-26-23(32-22)31-21(28)12-17-7-6-8-18(11-17)15-27-9-4-5-10-27/h6-8,11,13-14H,4-5,9-10,12,15-16H2,1-3H3. The topological polar surface area (TPSA) is 59.2 Å². The lowest BCUT2D eigenvalue weighted by Gasteiger charge is -2.15. The van der Waals surface area contributed by atoms with E-state index in [2.05, 4.69) is 53.8 Å². The van der Waals surface area contributed by atoms with Crippen LogP contribution >= 0.6 is 34.9 Å². The summed E-state index contributed by atoms with van der Waals surface area (Å²) in [6, 6.07) is 8.42. The molecule has 0 N–H and O–H groups in total. The van der Waals surface area contributed by atoms with Gasteiger partial charge in [-0.15, -0.1) is 23.1 Å². The number of thiazole rings is 1. The minimum Gasteiger partial charge on any atom is -0.444 e. The van der Waals surface area contributed by atoms with Crippen molar-refractivity contribution >= 4 is 40.0 Å². The molecular weight excluding hydrogens is 458 g/mol. The second kappa shape index (κ2) is 10.5. The number of aromatic nitrogens is 2. The molecule has 0 saturated carbocycles. The van der Waals surface area contributed by atoms with Gasteiger partial charge in [-0.05, 0) is 48.8 Å². The van der Waals surface area contributed by atoms with Crippen molar-refractivity contribution in [3.8, 4) is 0 Å². The first-order chi connectivity index (χ1) is 15.3. The van der Waals surface area contributed by atoms with Gasteiger partial charge in [0, 0.05) is 18.4 Å². The third kappa shape index (κ3) is 6.70. The van der Waals surface area contributed by atoms with E-state index in [4.69, 9.17) is 4.42 Å². The zero-order valence-electron chi connectivity index (χ0n) is 18.8. The predicted octanol–water partition coefficient (Wildman–Crippen LogP) is 6.18. The summed E-state index contributed by atoms with van der Waals surface area (Å²) in [5.41, 5.74) is 2.32. The van der Waals surface area contributed by atoms with Crippen molar-refractivity contribution in [2.45, 2.75) is 66.3 Å². The van der Waals surface area contributed by atoms with E-state index in [0.29, 0.717) is 18.1 Å². The Morgan fingerprint density at radius 3 is 2.69 bits per heavy atom. The summed E-state index contributed by atoms with van der Waals surface area (Å²) in [5.74, 6) is 2.26. The Morgan fingerprint density at radius 1 is 1.16 bits per heavy atom. The number of carbonyl (C=O) groups excluding carboxylic acids is 1. The number of carbonyl (C=O) groups is 1. The molecule has 1 fully saturated rings. The lowest BCUT2D eigenvalue weighted by atomic mass is 9.94. The third-order valence-electron chi connectivity index (χ3n) is 5.24. The van der Waals surface area contributed by atoms with Crippen molar-refractivity contribution in [1.82, 2.24) is 14.9 Å². The van der Waals surface area contributed by atoms with Gasteiger partial charge in [0.2, 0.25) is 5.89 Å². The van der Waals surface area contributed by atoms with Crippen LogP contribution in [0, 0.1) is 0 Å². The number of hydrogen-bond donors (Lipinski definition) is 0. The molecule has 0 spiro atoms. The minimum absolute atomic E-state index is 0.0434. The SMILES string of the molecule is CC(C)(C)c1cnc(CSc2cnc(SC(=O)Cc3cccc(CN4CCCC4)c3)s2)o1. The van der Waals surface area contributed by atoms with Gasteiger partial charge in [-0.25, -0.2) is 9.97 Å². The molecule has 0 aliphatic carbocycles. The molecule has 3 heterocycles. The lowest BCUT2D eigenvalue weighted by Crippen LogP contribution is -2.18. The third-order valence-corrected chi connectivity index (χ3v) is 8.36. The van der Waals surface area contributed by atoms with Crippen molar-refractivity contribution < 1.29 is 9.21 Å². The van der Waals surface area contributed by atoms with Gasteiger partial charge in [-0.3, -0.25) is 9.69 Å². The van der Waals surface area contributed by atoms with Crippen LogP contribution in [0.4, 0.5) is 0 Å². The average molecular weight is 488 g/mol. The Hall–Kier alpha value is -1.61. The number of oxazole rings is 1. The molecule has 32 heavy (non-hydrogen) atoms. The molecule has 4 rings (SSSR count). The highest BCUT2D eigenvalue weighted by molar-refractivity contribution is 8.15. The van der Waals surface area contributed by atoms with Gasteiger partial charge in [-0.2, -0.15) is 0 Å². The van der Waals surface area contributed by atoms with Crippen LogP contribution < -0.4 is 0 Å². The van der Waals surface area contributed by atoms with Gasteiger partial charge in [0.15, 0.2) is 9.45 Å². The van der Waals surface area contributed by atoms with Crippen LogP contribution in [0.25, 0.3) is 0 Å². The number of thioether (sulfide) groups is 2. The Morgan fingerprint density at radius 2 is 1.94 bits per heavy atom. The van der Waals surface area contributed by atoms with Crippen LogP contribution in [0.2, 0.25) is 0 Å². The molecule has 0 amide bonds. The fraction of sp³-hybridized carbons (Fsp3) is 0.458. The van der Waals surface area contributed by atoms with Crippen LogP contribution in [0.5, 0.6) is 0 Å². The monoisotopic (exact) mass is 487 g/mol. The minimum atomic E-state index is -0.0434. The molecule has 0 radical (unpaired) electrons. The van der Waals surface area contributed by atoms with Gasteiger partial charge in [0.1, 0.15) is 5.76 Å². The largest absolute Gasteiger partial charge is 0.444 e. The summed E-state index contributed by atoms with van der Waals surface area (Å²) in [6.45, 7) is 9.66. The van der Waals surface area contributed by atoms with E-state index in [1.54, 1.807) is 23.1 Å². The lowest BCUT2D eigenvalue weighted by molar-refractivity contribution is -0.110. The first-order valence-electron chi connectivity index (χ1n) is 10.9. The van der Waals surface area contributed by atoms with Gasteiger partial charge in [0.25, 0.3) is 0 Å². The number of rotatable bonds is 8. The van der Waals surface area contributed by atoms with Gasteiger partial charge in [0.05, 0.1) is 22.4 Å². The number of likely N-dealkylation sites (tertiary alicyclic amines) is 1. The van der Waals surface area contributed by atoms with E-state index in [1.807, 2.05) is 18.5 Å². The zero-order valence-corrected chi connectivity index (χ0v) is 21.2. The van der Waals surface area contributed by atoms with E-state index in [0.717, 1.165) is 26.4 Å².